The molecule has 2 heterocycles. The quantitative estimate of drug-likeness (QED) is 0.499. The first kappa shape index (κ1) is 21.4. The lowest BCUT2D eigenvalue weighted by molar-refractivity contribution is -0.170. The van der Waals surface area contributed by atoms with E-state index >= 15 is 4.39 Å². The second-order valence-corrected chi connectivity index (χ2v) is 8.16. The van der Waals surface area contributed by atoms with Crippen molar-refractivity contribution in [3.05, 3.63) is 57.8 Å². The first-order chi connectivity index (χ1) is 13.4. The predicted molar refractivity (Wildman–Crippen MR) is 108 cm³/mol. The van der Waals surface area contributed by atoms with Crippen LogP contribution in [0.2, 0.25) is 0 Å². The monoisotopic (exact) mass is 468 g/mol. The molecule has 0 saturated heterocycles. The van der Waals surface area contributed by atoms with E-state index in [1.54, 1.807) is 26.1 Å². The number of rotatable bonds is 5. The summed E-state index contributed by atoms with van der Waals surface area (Å²) in [6.45, 7) is 5.25. The van der Waals surface area contributed by atoms with Crippen molar-refractivity contribution >= 4 is 32.7 Å². The molecule has 0 fully saturated rings. The molecule has 2 N–H and O–H groups in total. The Labute approximate surface area is 174 Å². The maximum absolute atomic E-state index is 15.0. The van der Waals surface area contributed by atoms with Gasteiger partial charge in [-0.25, -0.2) is 19.3 Å². The van der Waals surface area contributed by atoms with Crippen LogP contribution in [0, 0.1) is 12.7 Å². The van der Waals surface area contributed by atoms with Crippen LogP contribution < -0.4 is 5.32 Å². The summed E-state index contributed by atoms with van der Waals surface area (Å²) in [6, 6.07) is 4.78. The zero-order valence-electron chi connectivity index (χ0n) is 16.3. The van der Waals surface area contributed by atoms with Crippen LogP contribution in [0.25, 0.3) is 10.9 Å². The Hall–Kier alpha value is -2.26. The molecule has 3 aromatic rings. The third-order valence-electron chi connectivity index (χ3n) is 4.62. The molecule has 0 radical (unpaired) electrons. The minimum Gasteiger partial charge on any atom is -0.384 e. The summed E-state index contributed by atoms with van der Waals surface area (Å²) in [5.74, 6) is -3.92. The van der Waals surface area contributed by atoms with Gasteiger partial charge in [-0.3, -0.25) is 0 Å². The van der Waals surface area contributed by atoms with E-state index < -0.39 is 28.9 Å². The number of benzene rings is 1. The van der Waals surface area contributed by atoms with E-state index in [0.29, 0.717) is 27.1 Å². The van der Waals surface area contributed by atoms with Gasteiger partial charge in [-0.05, 0) is 55.8 Å². The van der Waals surface area contributed by atoms with Gasteiger partial charge in [0.05, 0.1) is 23.3 Å². The molecule has 0 aliphatic heterocycles. The van der Waals surface area contributed by atoms with Gasteiger partial charge in [0, 0.05) is 10.9 Å². The van der Waals surface area contributed by atoms with Gasteiger partial charge >= 0.3 is 5.92 Å². The fourth-order valence-corrected chi connectivity index (χ4v) is 3.30. The standard InChI is InChI=1S/C20H20BrF3N4O/c1-10(12-6-5-7-14(17(12)22)20(23,24)19(3,4)29)26-18-13-8-16(21)25-9-15(13)27-11(2)28-18/h5-10,29H,1-4H3,(H,26,27,28)/t10-/m1/s1. The molecule has 0 saturated carbocycles. The van der Waals surface area contributed by atoms with E-state index in [0.717, 1.165) is 19.9 Å². The zero-order valence-corrected chi connectivity index (χ0v) is 17.9. The van der Waals surface area contributed by atoms with Crippen LogP contribution in [0.4, 0.5) is 19.0 Å². The van der Waals surface area contributed by atoms with Crippen molar-refractivity contribution in [1.82, 2.24) is 15.0 Å². The molecule has 0 unspecified atom stereocenters. The summed E-state index contributed by atoms with van der Waals surface area (Å²) in [4.78, 5) is 12.8. The number of hydrogen-bond acceptors (Lipinski definition) is 5. The van der Waals surface area contributed by atoms with Crippen molar-refractivity contribution in [3.63, 3.8) is 0 Å². The number of halogens is 4. The second kappa shape index (κ2) is 7.53. The number of pyridine rings is 1. The summed E-state index contributed by atoms with van der Waals surface area (Å²) in [5, 5.41) is 13.5. The lowest BCUT2D eigenvalue weighted by Crippen LogP contribution is -2.41. The molecule has 9 heteroatoms. The molecule has 0 bridgehead atoms. The molecule has 5 nitrogen and oxygen atoms in total. The van der Waals surface area contributed by atoms with Gasteiger partial charge in [0.15, 0.2) is 0 Å². The molecular weight excluding hydrogens is 449 g/mol. The number of hydrogen-bond donors (Lipinski definition) is 2. The van der Waals surface area contributed by atoms with Crippen LogP contribution in [0.15, 0.2) is 35.1 Å². The molecule has 3 rings (SSSR count). The van der Waals surface area contributed by atoms with Gasteiger partial charge in [0.1, 0.15) is 27.7 Å². The molecule has 0 spiro atoms. The van der Waals surface area contributed by atoms with Crippen LogP contribution >= 0.6 is 15.9 Å². The minimum atomic E-state index is -3.76. The Balaban J connectivity index is 2.03. The lowest BCUT2D eigenvalue weighted by atomic mass is 9.91. The Morgan fingerprint density at radius 3 is 2.55 bits per heavy atom. The topological polar surface area (TPSA) is 70.9 Å². The van der Waals surface area contributed by atoms with Crippen LogP contribution in [0.3, 0.4) is 0 Å². The highest BCUT2D eigenvalue weighted by molar-refractivity contribution is 9.10. The lowest BCUT2D eigenvalue weighted by Gasteiger charge is -2.30. The van der Waals surface area contributed by atoms with Gasteiger partial charge < -0.3 is 10.4 Å². The largest absolute Gasteiger partial charge is 0.384 e. The van der Waals surface area contributed by atoms with Crippen molar-refractivity contribution in [2.45, 2.75) is 45.3 Å². The number of fused-ring (bicyclic) bond motifs is 1. The van der Waals surface area contributed by atoms with Gasteiger partial charge in [-0.15, -0.1) is 0 Å². The average Bonchev–Trinajstić information content (AvgIpc) is 2.61. The Bertz CT molecular complexity index is 1070. The van der Waals surface area contributed by atoms with Crippen LogP contribution in [-0.2, 0) is 5.92 Å². The SMILES string of the molecule is Cc1nc(N[C@H](C)c2cccc(C(F)(F)C(C)(C)O)c2F)c2cc(Br)ncc2n1. The van der Waals surface area contributed by atoms with Crippen molar-refractivity contribution < 1.29 is 18.3 Å². The Kier molecular flexibility index (Phi) is 5.57. The molecular formula is C20H20BrF3N4O. The molecule has 29 heavy (non-hydrogen) atoms. The summed E-state index contributed by atoms with van der Waals surface area (Å²) in [5.41, 5.74) is -2.64. The summed E-state index contributed by atoms with van der Waals surface area (Å²) >= 11 is 3.30. The fourth-order valence-electron chi connectivity index (χ4n) is 2.97. The van der Waals surface area contributed by atoms with Gasteiger partial charge in [-0.1, -0.05) is 12.1 Å². The number of aliphatic hydroxyl groups is 1. The van der Waals surface area contributed by atoms with Gasteiger partial charge in [0.2, 0.25) is 0 Å². The highest BCUT2D eigenvalue weighted by Gasteiger charge is 2.49. The van der Waals surface area contributed by atoms with E-state index in [4.69, 9.17) is 0 Å². The minimum absolute atomic E-state index is 0.0314. The highest BCUT2D eigenvalue weighted by atomic mass is 79.9. The molecule has 2 aromatic heterocycles. The number of aryl methyl sites for hydroxylation is 1. The second-order valence-electron chi connectivity index (χ2n) is 7.35. The molecule has 154 valence electrons. The number of nitrogens with one attached hydrogen (secondary N) is 1. The molecule has 1 atom stereocenters. The van der Waals surface area contributed by atoms with E-state index in [1.807, 2.05) is 0 Å². The van der Waals surface area contributed by atoms with E-state index in [1.165, 1.54) is 12.1 Å². The van der Waals surface area contributed by atoms with Crippen LogP contribution in [-0.4, -0.2) is 25.7 Å². The molecule has 1 aromatic carbocycles. The first-order valence-corrected chi connectivity index (χ1v) is 9.66. The third kappa shape index (κ3) is 4.06. The predicted octanol–water partition coefficient (Wildman–Crippen LogP) is 5.27. The Morgan fingerprint density at radius 1 is 1.21 bits per heavy atom. The van der Waals surface area contributed by atoms with Crippen molar-refractivity contribution in [1.29, 1.82) is 0 Å². The highest BCUT2D eigenvalue weighted by Crippen LogP contribution is 2.41. The van der Waals surface area contributed by atoms with Crippen molar-refractivity contribution in [3.8, 4) is 0 Å². The van der Waals surface area contributed by atoms with Crippen LogP contribution in [0.5, 0.6) is 0 Å². The molecule has 0 amide bonds. The summed E-state index contributed by atoms with van der Waals surface area (Å²) in [6.07, 6.45) is 1.58. The van der Waals surface area contributed by atoms with Gasteiger partial charge in [0.25, 0.3) is 0 Å². The average molecular weight is 469 g/mol. The van der Waals surface area contributed by atoms with E-state index in [9.17, 15) is 13.9 Å². The Morgan fingerprint density at radius 2 is 1.90 bits per heavy atom. The number of anilines is 1. The van der Waals surface area contributed by atoms with E-state index in [-0.39, 0.29) is 5.56 Å². The fraction of sp³-hybridized carbons (Fsp3) is 0.350. The van der Waals surface area contributed by atoms with Crippen molar-refractivity contribution in [2.24, 2.45) is 0 Å². The van der Waals surface area contributed by atoms with E-state index in [2.05, 4.69) is 36.2 Å². The smallest absolute Gasteiger partial charge is 0.303 e. The maximum atomic E-state index is 15.0. The normalized spacial score (nSPS) is 13.6. The summed E-state index contributed by atoms with van der Waals surface area (Å²) < 4.78 is 44.7. The maximum Gasteiger partial charge on any atom is 0.303 e. The number of alkyl halides is 2. The van der Waals surface area contributed by atoms with Crippen molar-refractivity contribution in [2.75, 3.05) is 5.32 Å². The third-order valence-corrected chi connectivity index (χ3v) is 5.05. The number of nitrogens with zero attached hydrogens (tertiary/aromatic N) is 3. The summed E-state index contributed by atoms with van der Waals surface area (Å²) in [7, 11) is 0. The number of aromatic nitrogens is 3. The molecule has 0 aliphatic carbocycles. The zero-order chi connectivity index (χ0) is 21.6. The first-order valence-electron chi connectivity index (χ1n) is 8.87. The van der Waals surface area contributed by atoms with Gasteiger partial charge in [-0.2, -0.15) is 8.78 Å². The molecule has 0 aliphatic rings. The van der Waals surface area contributed by atoms with Crippen LogP contribution in [0.1, 0.15) is 43.8 Å².